The number of anilines is 1. The van der Waals surface area contributed by atoms with Gasteiger partial charge in [-0.25, -0.2) is 4.98 Å². The van der Waals surface area contributed by atoms with Crippen molar-refractivity contribution in [2.24, 2.45) is 0 Å². The summed E-state index contributed by atoms with van der Waals surface area (Å²) in [6, 6.07) is 11.1. The Morgan fingerprint density at radius 3 is 2.53 bits per heavy atom. The van der Waals surface area contributed by atoms with Crippen molar-refractivity contribution in [3.63, 3.8) is 0 Å². The lowest BCUT2D eigenvalue weighted by Crippen LogP contribution is -2.00. The molecule has 0 amide bonds. The van der Waals surface area contributed by atoms with E-state index in [1.54, 1.807) is 19.2 Å². The first kappa shape index (κ1) is 13.6. The Kier molecular flexibility index (Phi) is 4.60. The number of nitrogens with two attached hydrogens (primary N) is 1. The molecule has 2 aromatic rings. The number of pyridine rings is 1. The number of benzene rings is 1. The van der Waals surface area contributed by atoms with E-state index in [0.29, 0.717) is 29.7 Å². The van der Waals surface area contributed by atoms with Crippen molar-refractivity contribution in [3.05, 3.63) is 52.7 Å². The fourth-order valence-electron chi connectivity index (χ4n) is 1.59. The van der Waals surface area contributed by atoms with E-state index in [1.165, 1.54) is 0 Å². The summed E-state index contributed by atoms with van der Waals surface area (Å²) in [5, 5.41) is 0.559. The highest BCUT2D eigenvalue weighted by molar-refractivity contribution is 6.31. The maximum Gasteiger partial charge on any atom is 0.123 e. The quantitative estimate of drug-likeness (QED) is 0.913. The number of hydrogen-bond acceptors (Lipinski definition) is 4. The second-order valence-corrected chi connectivity index (χ2v) is 4.41. The van der Waals surface area contributed by atoms with E-state index in [2.05, 4.69) is 4.98 Å². The maximum atomic E-state index is 6.00. The normalized spacial score (nSPS) is 10.4. The van der Waals surface area contributed by atoms with Gasteiger partial charge in [-0.1, -0.05) is 23.7 Å². The Morgan fingerprint density at radius 1 is 1.11 bits per heavy atom. The average molecular weight is 279 g/mol. The summed E-state index contributed by atoms with van der Waals surface area (Å²) >= 11 is 6.00. The van der Waals surface area contributed by atoms with Gasteiger partial charge in [-0.05, 0) is 29.8 Å². The van der Waals surface area contributed by atoms with Gasteiger partial charge in [-0.15, -0.1) is 0 Å². The Bertz CT molecular complexity index is 544. The molecule has 4 nitrogen and oxygen atoms in total. The van der Waals surface area contributed by atoms with Crippen LogP contribution in [0.2, 0.25) is 5.02 Å². The lowest BCUT2D eigenvalue weighted by atomic mass is 10.2. The van der Waals surface area contributed by atoms with Crippen molar-refractivity contribution in [3.8, 4) is 5.75 Å². The van der Waals surface area contributed by atoms with Crippen LogP contribution in [0.25, 0.3) is 0 Å². The van der Waals surface area contributed by atoms with E-state index in [4.69, 9.17) is 26.8 Å². The van der Waals surface area contributed by atoms with E-state index in [9.17, 15) is 0 Å². The number of ether oxygens (including phenoxy) is 2. The van der Waals surface area contributed by atoms with Crippen LogP contribution in [0.1, 0.15) is 11.3 Å². The molecule has 0 atom stereocenters. The predicted molar refractivity (Wildman–Crippen MR) is 75.1 cm³/mol. The third-order valence-electron chi connectivity index (χ3n) is 2.61. The first-order chi connectivity index (χ1) is 9.19. The molecule has 0 bridgehead atoms. The molecule has 2 N–H and O–H groups in total. The van der Waals surface area contributed by atoms with Crippen LogP contribution in [0.3, 0.4) is 0 Å². The lowest BCUT2D eigenvalue weighted by molar-refractivity contribution is 0.105. The number of nitrogens with zero attached hydrogens (tertiary/aromatic N) is 1. The van der Waals surface area contributed by atoms with Gasteiger partial charge in [0.25, 0.3) is 0 Å². The van der Waals surface area contributed by atoms with Crippen LogP contribution in [0.4, 0.5) is 5.82 Å². The van der Waals surface area contributed by atoms with E-state index >= 15 is 0 Å². The number of methoxy groups -OCH3 is 1. The van der Waals surface area contributed by atoms with Crippen molar-refractivity contribution >= 4 is 17.4 Å². The van der Waals surface area contributed by atoms with Gasteiger partial charge >= 0.3 is 0 Å². The highest BCUT2D eigenvalue weighted by atomic mass is 35.5. The molecule has 0 aliphatic carbocycles. The van der Waals surface area contributed by atoms with Gasteiger partial charge in [0.05, 0.1) is 31.0 Å². The zero-order chi connectivity index (χ0) is 13.7. The second kappa shape index (κ2) is 6.41. The largest absolute Gasteiger partial charge is 0.497 e. The molecule has 0 radical (unpaired) electrons. The van der Waals surface area contributed by atoms with Gasteiger partial charge < -0.3 is 15.2 Å². The van der Waals surface area contributed by atoms with Crippen molar-refractivity contribution in [1.29, 1.82) is 0 Å². The Balaban J connectivity index is 1.90. The van der Waals surface area contributed by atoms with Crippen molar-refractivity contribution in [2.75, 3.05) is 12.8 Å². The van der Waals surface area contributed by atoms with E-state index in [0.717, 1.165) is 11.3 Å². The summed E-state index contributed by atoms with van der Waals surface area (Å²) < 4.78 is 10.7. The minimum absolute atomic E-state index is 0.329. The standard InChI is InChI=1S/C14H15ClN2O2/c1-18-11-4-2-10(3-5-11)8-19-9-13-12(15)6-7-14(16)17-13/h2-7H,8-9H2,1H3,(H2,16,17). The number of aromatic nitrogens is 1. The smallest absolute Gasteiger partial charge is 0.123 e. The maximum absolute atomic E-state index is 6.00. The molecule has 100 valence electrons. The van der Waals surface area contributed by atoms with Crippen LogP contribution in [0.5, 0.6) is 5.75 Å². The van der Waals surface area contributed by atoms with Crippen molar-refractivity contribution in [1.82, 2.24) is 4.98 Å². The summed E-state index contributed by atoms with van der Waals surface area (Å²) in [7, 11) is 1.64. The lowest BCUT2D eigenvalue weighted by Gasteiger charge is -2.07. The Hall–Kier alpha value is -1.78. The fraction of sp³-hybridized carbons (Fsp3) is 0.214. The molecular weight excluding hydrogens is 264 g/mol. The van der Waals surface area contributed by atoms with Crippen LogP contribution in [0.15, 0.2) is 36.4 Å². The monoisotopic (exact) mass is 278 g/mol. The fourth-order valence-corrected chi connectivity index (χ4v) is 1.75. The summed E-state index contributed by atoms with van der Waals surface area (Å²) in [6.07, 6.45) is 0. The van der Waals surface area contributed by atoms with Crippen molar-refractivity contribution < 1.29 is 9.47 Å². The van der Waals surface area contributed by atoms with Gasteiger partial charge in [0.2, 0.25) is 0 Å². The highest BCUT2D eigenvalue weighted by Gasteiger charge is 2.03. The molecule has 0 unspecified atom stereocenters. The van der Waals surface area contributed by atoms with Gasteiger partial charge in [0.15, 0.2) is 0 Å². The minimum atomic E-state index is 0.329. The van der Waals surface area contributed by atoms with E-state index in [-0.39, 0.29) is 0 Å². The predicted octanol–water partition coefficient (Wildman–Crippen LogP) is 3.04. The molecule has 0 aliphatic heterocycles. The molecule has 1 aromatic carbocycles. The number of rotatable bonds is 5. The van der Waals surface area contributed by atoms with E-state index in [1.807, 2.05) is 24.3 Å². The first-order valence-corrected chi connectivity index (χ1v) is 6.18. The zero-order valence-electron chi connectivity index (χ0n) is 10.6. The van der Waals surface area contributed by atoms with Gasteiger partial charge in [-0.2, -0.15) is 0 Å². The molecule has 0 fully saturated rings. The van der Waals surface area contributed by atoms with Crippen LogP contribution in [-0.2, 0) is 18.0 Å². The average Bonchev–Trinajstić information content (AvgIpc) is 2.43. The Labute approximate surface area is 117 Å². The summed E-state index contributed by atoms with van der Waals surface area (Å²) in [4.78, 5) is 4.13. The molecule has 1 aromatic heterocycles. The molecule has 2 rings (SSSR count). The summed E-state index contributed by atoms with van der Waals surface area (Å²) in [6.45, 7) is 0.812. The summed E-state index contributed by atoms with van der Waals surface area (Å²) in [5.41, 5.74) is 7.31. The molecule has 0 spiro atoms. The van der Waals surface area contributed by atoms with Crippen LogP contribution >= 0.6 is 11.6 Å². The highest BCUT2D eigenvalue weighted by Crippen LogP contribution is 2.17. The van der Waals surface area contributed by atoms with Crippen LogP contribution in [-0.4, -0.2) is 12.1 Å². The minimum Gasteiger partial charge on any atom is -0.497 e. The molecule has 0 aliphatic rings. The van der Waals surface area contributed by atoms with Crippen LogP contribution < -0.4 is 10.5 Å². The third-order valence-corrected chi connectivity index (χ3v) is 2.95. The third kappa shape index (κ3) is 3.84. The SMILES string of the molecule is COc1ccc(COCc2nc(N)ccc2Cl)cc1. The molecule has 0 saturated carbocycles. The van der Waals surface area contributed by atoms with Gasteiger partial charge in [0, 0.05) is 0 Å². The second-order valence-electron chi connectivity index (χ2n) is 4.01. The number of nitrogen functional groups attached to an aromatic ring is 1. The molecule has 0 saturated heterocycles. The zero-order valence-corrected chi connectivity index (χ0v) is 11.4. The topological polar surface area (TPSA) is 57.4 Å². The van der Waals surface area contributed by atoms with Gasteiger partial charge in [0.1, 0.15) is 11.6 Å². The molecule has 5 heteroatoms. The molecule has 19 heavy (non-hydrogen) atoms. The number of halogens is 1. The summed E-state index contributed by atoms with van der Waals surface area (Å²) in [5.74, 6) is 1.26. The van der Waals surface area contributed by atoms with Crippen molar-refractivity contribution in [2.45, 2.75) is 13.2 Å². The van der Waals surface area contributed by atoms with Crippen LogP contribution in [0, 0.1) is 0 Å². The van der Waals surface area contributed by atoms with E-state index < -0.39 is 0 Å². The Morgan fingerprint density at radius 2 is 1.84 bits per heavy atom. The number of hydrogen-bond donors (Lipinski definition) is 1. The first-order valence-electron chi connectivity index (χ1n) is 5.80. The molecular formula is C14H15ClN2O2. The van der Waals surface area contributed by atoms with Gasteiger partial charge in [-0.3, -0.25) is 0 Å². The molecule has 1 heterocycles.